The van der Waals surface area contributed by atoms with E-state index in [9.17, 15) is 4.79 Å². The molecule has 1 aliphatic rings. The number of amides is 1. The van der Waals surface area contributed by atoms with Crippen LogP contribution in [0.4, 0.5) is 0 Å². The Labute approximate surface area is 124 Å². The largest absolute Gasteiger partial charge is 0.378 e. The summed E-state index contributed by atoms with van der Waals surface area (Å²) in [7, 11) is 0. The first-order chi connectivity index (χ1) is 10.2. The van der Waals surface area contributed by atoms with Crippen LogP contribution in [0.2, 0.25) is 0 Å². The molecule has 1 fully saturated rings. The quantitative estimate of drug-likeness (QED) is 0.794. The van der Waals surface area contributed by atoms with Crippen molar-refractivity contribution in [1.29, 1.82) is 0 Å². The van der Waals surface area contributed by atoms with Crippen LogP contribution in [0.3, 0.4) is 0 Å². The first-order valence-electron chi connectivity index (χ1n) is 7.14. The molecular formula is C17H18N2O2. The molecule has 1 aromatic heterocycles. The molecule has 0 saturated carbocycles. The molecule has 2 heterocycles. The second-order valence-electron chi connectivity index (χ2n) is 5.18. The van der Waals surface area contributed by atoms with E-state index in [0.717, 1.165) is 22.2 Å². The minimum absolute atomic E-state index is 0.0421. The van der Waals surface area contributed by atoms with E-state index in [1.165, 1.54) is 0 Å². The van der Waals surface area contributed by atoms with Gasteiger partial charge in [0.25, 0.3) is 0 Å². The highest BCUT2D eigenvalue weighted by Gasteiger charge is 2.13. The second kappa shape index (κ2) is 6.06. The molecule has 3 rings (SSSR count). The number of aryl methyl sites for hydroxylation is 1. The van der Waals surface area contributed by atoms with E-state index in [1.54, 1.807) is 6.08 Å². The predicted octanol–water partition coefficient (Wildman–Crippen LogP) is 2.42. The molecule has 2 aromatic rings. The maximum Gasteiger partial charge on any atom is 0.246 e. The van der Waals surface area contributed by atoms with Crippen molar-refractivity contribution in [2.45, 2.75) is 6.92 Å². The average molecular weight is 282 g/mol. The van der Waals surface area contributed by atoms with E-state index >= 15 is 0 Å². The number of nitrogens with zero attached hydrogens (tertiary/aromatic N) is 2. The molecule has 0 unspecified atom stereocenters. The maximum atomic E-state index is 12.1. The summed E-state index contributed by atoms with van der Waals surface area (Å²) in [4.78, 5) is 18.3. The fourth-order valence-electron chi connectivity index (χ4n) is 2.41. The van der Waals surface area contributed by atoms with Gasteiger partial charge in [-0.05, 0) is 36.8 Å². The summed E-state index contributed by atoms with van der Waals surface area (Å²) in [5, 5.41) is 1.08. The van der Waals surface area contributed by atoms with Gasteiger partial charge < -0.3 is 9.64 Å². The molecular weight excluding hydrogens is 264 g/mol. The smallest absolute Gasteiger partial charge is 0.246 e. The minimum Gasteiger partial charge on any atom is -0.378 e. The van der Waals surface area contributed by atoms with Gasteiger partial charge in [0.05, 0.1) is 18.7 Å². The number of benzene rings is 1. The van der Waals surface area contributed by atoms with Crippen molar-refractivity contribution in [3.05, 3.63) is 47.7 Å². The third-order valence-electron chi connectivity index (χ3n) is 3.59. The summed E-state index contributed by atoms with van der Waals surface area (Å²) in [5.74, 6) is 0.0421. The molecule has 4 nitrogen and oxygen atoms in total. The fourth-order valence-corrected chi connectivity index (χ4v) is 2.41. The van der Waals surface area contributed by atoms with Crippen LogP contribution >= 0.6 is 0 Å². The van der Waals surface area contributed by atoms with Crippen LogP contribution in [0, 0.1) is 6.92 Å². The molecule has 4 heteroatoms. The van der Waals surface area contributed by atoms with Crippen molar-refractivity contribution >= 4 is 22.9 Å². The molecule has 0 N–H and O–H groups in total. The van der Waals surface area contributed by atoms with Crippen LogP contribution in [-0.4, -0.2) is 42.1 Å². The second-order valence-corrected chi connectivity index (χ2v) is 5.18. The zero-order chi connectivity index (χ0) is 14.7. The van der Waals surface area contributed by atoms with E-state index in [1.807, 2.05) is 42.2 Å². The van der Waals surface area contributed by atoms with Crippen LogP contribution in [0.25, 0.3) is 17.0 Å². The van der Waals surface area contributed by atoms with Gasteiger partial charge in [0.2, 0.25) is 5.91 Å². The number of carbonyl (C=O) groups is 1. The molecule has 0 spiro atoms. The third-order valence-corrected chi connectivity index (χ3v) is 3.59. The van der Waals surface area contributed by atoms with Crippen molar-refractivity contribution < 1.29 is 9.53 Å². The van der Waals surface area contributed by atoms with Gasteiger partial charge in [0, 0.05) is 30.2 Å². The van der Waals surface area contributed by atoms with Gasteiger partial charge in [-0.1, -0.05) is 12.1 Å². The lowest BCUT2D eigenvalue weighted by Gasteiger charge is -2.25. The van der Waals surface area contributed by atoms with Crippen molar-refractivity contribution in [3.63, 3.8) is 0 Å². The highest BCUT2D eigenvalue weighted by Crippen LogP contribution is 2.16. The number of hydrogen-bond donors (Lipinski definition) is 0. The fraction of sp³-hybridized carbons (Fsp3) is 0.294. The van der Waals surface area contributed by atoms with Crippen LogP contribution in [0.1, 0.15) is 11.3 Å². The van der Waals surface area contributed by atoms with Gasteiger partial charge in [-0.3, -0.25) is 9.78 Å². The SMILES string of the molecule is Cc1ccc2cc(/C=C/C(=O)N3CCOCC3)ccc2n1. The standard InChI is InChI=1S/C17H18N2O2/c1-13-2-5-15-12-14(3-6-16(15)18-13)4-7-17(20)19-8-10-21-11-9-19/h2-7,12H,8-11H2,1H3/b7-4+. The highest BCUT2D eigenvalue weighted by atomic mass is 16.5. The van der Waals surface area contributed by atoms with Crippen molar-refractivity contribution in [3.8, 4) is 0 Å². The number of pyridine rings is 1. The summed E-state index contributed by atoms with van der Waals surface area (Å²) >= 11 is 0. The summed E-state index contributed by atoms with van der Waals surface area (Å²) < 4.78 is 5.25. The van der Waals surface area contributed by atoms with E-state index in [-0.39, 0.29) is 5.91 Å². The Morgan fingerprint density at radius 1 is 1.24 bits per heavy atom. The van der Waals surface area contributed by atoms with E-state index in [0.29, 0.717) is 26.3 Å². The molecule has 1 amide bonds. The number of ether oxygens (including phenoxy) is 1. The van der Waals surface area contributed by atoms with Crippen molar-refractivity contribution in [2.75, 3.05) is 26.3 Å². The molecule has 108 valence electrons. The number of aromatic nitrogens is 1. The minimum atomic E-state index is 0.0421. The molecule has 1 aliphatic heterocycles. The topological polar surface area (TPSA) is 42.4 Å². The van der Waals surface area contributed by atoms with Crippen LogP contribution in [0.5, 0.6) is 0 Å². The molecule has 0 atom stereocenters. The molecule has 0 bridgehead atoms. The van der Waals surface area contributed by atoms with Crippen LogP contribution in [-0.2, 0) is 9.53 Å². The Bertz CT molecular complexity index is 688. The Morgan fingerprint density at radius 2 is 2.05 bits per heavy atom. The number of fused-ring (bicyclic) bond motifs is 1. The Morgan fingerprint density at radius 3 is 2.86 bits per heavy atom. The number of carbonyl (C=O) groups excluding carboxylic acids is 1. The van der Waals surface area contributed by atoms with Gasteiger partial charge in [-0.15, -0.1) is 0 Å². The predicted molar refractivity (Wildman–Crippen MR) is 82.9 cm³/mol. The number of morpholine rings is 1. The van der Waals surface area contributed by atoms with Gasteiger partial charge in [-0.25, -0.2) is 0 Å². The molecule has 0 radical (unpaired) electrons. The third kappa shape index (κ3) is 3.28. The summed E-state index contributed by atoms with van der Waals surface area (Å²) in [6, 6.07) is 10.1. The highest BCUT2D eigenvalue weighted by molar-refractivity contribution is 5.92. The summed E-state index contributed by atoms with van der Waals surface area (Å²) in [6.07, 6.45) is 3.49. The van der Waals surface area contributed by atoms with Gasteiger partial charge >= 0.3 is 0 Å². The Kier molecular flexibility index (Phi) is 3.97. The normalized spacial score (nSPS) is 15.8. The molecule has 0 aliphatic carbocycles. The van der Waals surface area contributed by atoms with Gasteiger partial charge in [-0.2, -0.15) is 0 Å². The summed E-state index contributed by atoms with van der Waals surface area (Å²) in [5.41, 5.74) is 3.00. The lowest BCUT2D eigenvalue weighted by atomic mass is 10.1. The first-order valence-corrected chi connectivity index (χ1v) is 7.14. The first kappa shape index (κ1) is 13.8. The van der Waals surface area contributed by atoms with Crippen molar-refractivity contribution in [1.82, 2.24) is 9.88 Å². The zero-order valence-electron chi connectivity index (χ0n) is 12.1. The van der Waals surface area contributed by atoms with Gasteiger partial charge in [0.1, 0.15) is 0 Å². The lowest BCUT2D eigenvalue weighted by molar-refractivity contribution is -0.129. The van der Waals surface area contributed by atoms with E-state index in [2.05, 4.69) is 11.1 Å². The van der Waals surface area contributed by atoms with E-state index < -0.39 is 0 Å². The Balaban J connectivity index is 1.76. The molecule has 1 aromatic carbocycles. The van der Waals surface area contributed by atoms with Gasteiger partial charge in [0.15, 0.2) is 0 Å². The van der Waals surface area contributed by atoms with Crippen molar-refractivity contribution in [2.24, 2.45) is 0 Å². The number of hydrogen-bond acceptors (Lipinski definition) is 3. The van der Waals surface area contributed by atoms with Crippen LogP contribution in [0.15, 0.2) is 36.4 Å². The Hall–Kier alpha value is -2.20. The summed E-state index contributed by atoms with van der Waals surface area (Å²) in [6.45, 7) is 4.57. The van der Waals surface area contributed by atoms with E-state index in [4.69, 9.17) is 4.74 Å². The molecule has 21 heavy (non-hydrogen) atoms. The number of rotatable bonds is 2. The monoisotopic (exact) mass is 282 g/mol. The van der Waals surface area contributed by atoms with Crippen LogP contribution < -0.4 is 0 Å². The molecule has 1 saturated heterocycles. The maximum absolute atomic E-state index is 12.1. The average Bonchev–Trinajstić information content (AvgIpc) is 2.53. The zero-order valence-corrected chi connectivity index (χ0v) is 12.1. The lowest BCUT2D eigenvalue weighted by Crippen LogP contribution is -2.39.